The van der Waals surface area contributed by atoms with Crippen molar-refractivity contribution < 1.29 is 13.2 Å². The molecule has 2 bridgehead atoms. The third-order valence-corrected chi connectivity index (χ3v) is 6.10. The van der Waals surface area contributed by atoms with Crippen LogP contribution in [0.5, 0.6) is 0 Å². The summed E-state index contributed by atoms with van der Waals surface area (Å²) < 4.78 is 27.0. The predicted molar refractivity (Wildman–Crippen MR) is 85.5 cm³/mol. The lowest BCUT2D eigenvalue weighted by Crippen LogP contribution is -2.39. The second-order valence-electron chi connectivity index (χ2n) is 5.68. The molecule has 2 heterocycles. The number of sulfonamides is 1. The Morgan fingerprint density at radius 2 is 1.95 bits per heavy atom. The number of rotatable bonds is 3. The lowest BCUT2D eigenvalue weighted by atomic mass is 10.1. The summed E-state index contributed by atoms with van der Waals surface area (Å²) >= 11 is 0. The Kier molecular flexibility index (Phi) is 5.11. The van der Waals surface area contributed by atoms with E-state index in [1.54, 1.807) is 6.07 Å². The molecule has 3 rings (SSSR count). The lowest BCUT2D eigenvalue weighted by Gasteiger charge is -2.23. The minimum absolute atomic E-state index is 0. The summed E-state index contributed by atoms with van der Waals surface area (Å²) in [4.78, 5) is 11.4. The molecule has 2 aliphatic rings. The summed E-state index contributed by atoms with van der Waals surface area (Å²) in [5.41, 5.74) is 5.43. The number of carbonyl (C=O) groups excluding carboxylic acids is 1. The first kappa shape index (κ1) is 17.2. The fraction of sp³-hybridized carbons (Fsp3) is 0.500. The van der Waals surface area contributed by atoms with Gasteiger partial charge in [0.15, 0.2) is 0 Å². The Labute approximate surface area is 136 Å². The molecule has 0 aromatic heterocycles. The van der Waals surface area contributed by atoms with Gasteiger partial charge in [0.25, 0.3) is 0 Å². The zero-order chi connectivity index (χ0) is 15.0. The minimum atomic E-state index is -3.58. The van der Waals surface area contributed by atoms with Crippen LogP contribution in [0.2, 0.25) is 0 Å². The summed E-state index contributed by atoms with van der Waals surface area (Å²) in [5, 5.41) is 3.46. The average Bonchev–Trinajstić information content (AvgIpc) is 2.77. The van der Waals surface area contributed by atoms with E-state index in [2.05, 4.69) is 5.32 Å². The number of halogens is 1. The van der Waals surface area contributed by atoms with Crippen LogP contribution >= 0.6 is 12.4 Å². The molecule has 22 heavy (non-hydrogen) atoms. The first-order valence-corrected chi connectivity index (χ1v) is 8.57. The highest BCUT2D eigenvalue weighted by Crippen LogP contribution is 2.25. The van der Waals surface area contributed by atoms with Gasteiger partial charge in [-0.2, -0.15) is 4.31 Å². The van der Waals surface area contributed by atoms with Crippen molar-refractivity contribution >= 4 is 28.3 Å². The molecule has 1 aromatic rings. The smallest absolute Gasteiger partial charge is 0.248 e. The minimum Gasteiger partial charge on any atom is -0.366 e. The van der Waals surface area contributed by atoms with Crippen molar-refractivity contribution in [2.45, 2.75) is 36.2 Å². The molecule has 2 saturated heterocycles. The molecule has 6 nitrogen and oxygen atoms in total. The molecule has 3 N–H and O–H groups in total. The van der Waals surface area contributed by atoms with Crippen LogP contribution in [0.3, 0.4) is 0 Å². The highest BCUT2D eigenvalue weighted by Gasteiger charge is 2.35. The summed E-state index contributed by atoms with van der Waals surface area (Å²) in [7, 11) is -3.58. The van der Waals surface area contributed by atoms with Crippen molar-refractivity contribution in [3.8, 4) is 0 Å². The fourth-order valence-electron chi connectivity index (χ4n) is 3.09. The maximum absolute atomic E-state index is 12.7. The summed E-state index contributed by atoms with van der Waals surface area (Å²) in [6.45, 7) is 0.997. The lowest BCUT2D eigenvalue weighted by molar-refractivity contribution is 0.1000. The molecule has 0 saturated carbocycles. The van der Waals surface area contributed by atoms with Gasteiger partial charge in [0.1, 0.15) is 0 Å². The van der Waals surface area contributed by atoms with Gasteiger partial charge in [0.05, 0.1) is 4.90 Å². The number of hydrogen-bond donors (Lipinski definition) is 2. The van der Waals surface area contributed by atoms with Crippen molar-refractivity contribution in [3.63, 3.8) is 0 Å². The SMILES string of the molecule is Cl.NC(=O)c1cccc(S(=O)(=O)N2CCC3CCC(C2)N3)c1. The van der Waals surface area contributed by atoms with E-state index in [9.17, 15) is 13.2 Å². The normalized spacial score (nSPS) is 25.3. The van der Waals surface area contributed by atoms with Crippen LogP contribution < -0.4 is 11.1 Å². The number of primary amides is 1. The van der Waals surface area contributed by atoms with Gasteiger partial charge in [-0.15, -0.1) is 12.4 Å². The van der Waals surface area contributed by atoms with Crippen LogP contribution in [0.25, 0.3) is 0 Å². The van der Waals surface area contributed by atoms with Gasteiger partial charge in [0.2, 0.25) is 15.9 Å². The van der Waals surface area contributed by atoms with Gasteiger partial charge in [-0.25, -0.2) is 8.42 Å². The molecular formula is C14H20ClN3O3S. The largest absolute Gasteiger partial charge is 0.366 e. The Morgan fingerprint density at radius 3 is 2.68 bits per heavy atom. The van der Waals surface area contributed by atoms with E-state index in [1.165, 1.54) is 22.5 Å². The third kappa shape index (κ3) is 3.27. The zero-order valence-corrected chi connectivity index (χ0v) is 13.7. The molecule has 2 fully saturated rings. The molecule has 2 atom stereocenters. The first-order valence-electron chi connectivity index (χ1n) is 7.13. The van der Waals surface area contributed by atoms with E-state index in [-0.39, 0.29) is 28.9 Å². The monoisotopic (exact) mass is 345 g/mol. The first-order chi connectivity index (χ1) is 9.96. The van der Waals surface area contributed by atoms with Gasteiger partial charge >= 0.3 is 0 Å². The highest BCUT2D eigenvalue weighted by atomic mass is 35.5. The number of nitrogens with one attached hydrogen (secondary N) is 1. The van der Waals surface area contributed by atoms with Gasteiger partial charge in [-0.05, 0) is 37.5 Å². The summed E-state index contributed by atoms with van der Waals surface area (Å²) in [6.07, 6.45) is 2.96. The van der Waals surface area contributed by atoms with Crippen molar-refractivity contribution in [3.05, 3.63) is 29.8 Å². The Hall–Kier alpha value is -1.15. The highest BCUT2D eigenvalue weighted by molar-refractivity contribution is 7.89. The molecule has 8 heteroatoms. The van der Waals surface area contributed by atoms with Crippen LogP contribution in [-0.2, 0) is 10.0 Å². The van der Waals surface area contributed by atoms with Crippen LogP contribution in [0.4, 0.5) is 0 Å². The van der Waals surface area contributed by atoms with Crippen molar-refractivity contribution in [2.75, 3.05) is 13.1 Å². The van der Waals surface area contributed by atoms with Gasteiger partial charge in [-0.1, -0.05) is 6.07 Å². The van der Waals surface area contributed by atoms with Crippen LogP contribution in [0, 0.1) is 0 Å². The van der Waals surface area contributed by atoms with Crippen LogP contribution in [0.1, 0.15) is 29.6 Å². The van der Waals surface area contributed by atoms with E-state index >= 15 is 0 Å². The van der Waals surface area contributed by atoms with E-state index < -0.39 is 15.9 Å². The molecule has 2 unspecified atom stereocenters. The van der Waals surface area contributed by atoms with E-state index in [0.29, 0.717) is 19.1 Å². The zero-order valence-electron chi connectivity index (χ0n) is 12.1. The number of hydrogen-bond acceptors (Lipinski definition) is 4. The quantitative estimate of drug-likeness (QED) is 0.844. The maximum Gasteiger partial charge on any atom is 0.248 e. The predicted octanol–water partition coefficient (Wildman–Crippen LogP) is 0.722. The molecule has 0 spiro atoms. The van der Waals surface area contributed by atoms with Crippen molar-refractivity contribution in [2.24, 2.45) is 5.73 Å². The van der Waals surface area contributed by atoms with Gasteiger partial charge < -0.3 is 11.1 Å². The number of benzene rings is 1. The Morgan fingerprint density at radius 1 is 1.23 bits per heavy atom. The average molecular weight is 346 g/mol. The summed E-state index contributed by atoms with van der Waals surface area (Å²) in [6, 6.07) is 6.59. The van der Waals surface area contributed by atoms with Crippen LogP contribution in [-0.4, -0.2) is 43.8 Å². The molecule has 0 aliphatic carbocycles. The number of carbonyl (C=O) groups is 1. The van der Waals surface area contributed by atoms with E-state index in [0.717, 1.165) is 19.3 Å². The third-order valence-electron chi connectivity index (χ3n) is 4.24. The molecule has 0 radical (unpaired) electrons. The number of nitrogens with zero attached hydrogens (tertiary/aromatic N) is 1. The molecular weight excluding hydrogens is 326 g/mol. The van der Waals surface area contributed by atoms with Gasteiger partial charge in [0, 0.05) is 30.7 Å². The Balaban J connectivity index is 0.00000176. The van der Waals surface area contributed by atoms with E-state index in [4.69, 9.17) is 5.73 Å². The fourth-order valence-corrected chi connectivity index (χ4v) is 4.63. The van der Waals surface area contributed by atoms with Crippen molar-refractivity contribution in [1.82, 2.24) is 9.62 Å². The van der Waals surface area contributed by atoms with Crippen LogP contribution in [0.15, 0.2) is 29.2 Å². The second kappa shape index (κ2) is 6.54. The Bertz CT molecular complexity index is 665. The summed E-state index contributed by atoms with van der Waals surface area (Å²) in [5.74, 6) is -0.622. The molecule has 122 valence electrons. The maximum atomic E-state index is 12.7. The molecule has 2 aliphatic heterocycles. The second-order valence-corrected chi connectivity index (χ2v) is 7.62. The molecule has 1 aromatic carbocycles. The van der Waals surface area contributed by atoms with Gasteiger partial charge in [-0.3, -0.25) is 4.79 Å². The number of fused-ring (bicyclic) bond motifs is 2. The topological polar surface area (TPSA) is 92.5 Å². The number of amides is 1. The van der Waals surface area contributed by atoms with Crippen molar-refractivity contribution in [1.29, 1.82) is 0 Å². The van der Waals surface area contributed by atoms with E-state index in [1.807, 2.05) is 0 Å². The standard InChI is InChI=1S/C14H19N3O3S.ClH/c15-14(18)10-2-1-3-13(8-10)21(19,20)17-7-6-11-4-5-12(9-17)16-11;/h1-3,8,11-12,16H,4-7,9H2,(H2,15,18);1H. The number of nitrogens with two attached hydrogens (primary N) is 1. The molecule has 1 amide bonds.